The van der Waals surface area contributed by atoms with E-state index in [1.165, 1.54) is 12.1 Å². The van der Waals surface area contributed by atoms with Crippen molar-refractivity contribution < 1.29 is 14.1 Å². The predicted molar refractivity (Wildman–Crippen MR) is 94.1 cm³/mol. The van der Waals surface area contributed by atoms with Crippen LogP contribution in [0.1, 0.15) is 16.2 Å². The number of benzene rings is 2. The fraction of sp³-hybridized carbons (Fsp3) is 0.176. The van der Waals surface area contributed by atoms with Crippen molar-refractivity contribution in [3.8, 4) is 0 Å². The van der Waals surface area contributed by atoms with E-state index in [1.54, 1.807) is 50.2 Å². The Bertz CT molecular complexity index is 978. The maximum atomic E-state index is 12.7. The number of nitro groups is 1. The molecule has 0 bridgehead atoms. The van der Waals surface area contributed by atoms with Crippen LogP contribution >= 0.6 is 0 Å². The highest BCUT2D eigenvalue weighted by Gasteiger charge is 2.18. The van der Waals surface area contributed by atoms with Gasteiger partial charge in [-0.05, 0) is 24.3 Å². The molecule has 0 aliphatic carbocycles. The Morgan fingerprint density at radius 2 is 2.00 bits per heavy atom. The quantitative estimate of drug-likeness (QED) is 0.577. The Morgan fingerprint density at radius 3 is 2.68 bits per heavy atom. The number of nitrogens with zero attached hydrogens (tertiary/aromatic N) is 3. The van der Waals surface area contributed by atoms with Gasteiger partial charge in [0.15, 0.2) is 11.5 Å². The molecule has 3 rings (SSSR count). The first-order valence-corrected chi connectivity index (χ1v) is 7.49. The number of carbonyl (C=O) groups is 1. The van der Waals surface area contributed by atoms with Crippen molar-refractivity contribution >= 4 is 34.1 Å². The molecular weight excluding hydrogens is 324 g/mol. The van der Waals surface area contributed by atoms with Crippen molar-refractivity contribution in [2.45, 2.75) is 6.92 Å². The molecule has 0 aliphatic rings. The highest BCUT2D eigenvalue weighted by molar-refractivity contribution is 6.09. The molecule has 0 spiro atoms. The summed E-state index contributed by atoms with van der Waals surface area (Å²) in [6.45, 7) is 1.74. The van der Waals surface area contributed by atoms with E-state index in [4.69, 9.17) is 4.42 Å². The molecule has 0 radical (unpaired) electrons. The van der Waals surface area contributed by atoms with Gasteiger partial charge in [-0.2, -0.15) is 0 Å². The Kier molecular flexibility index (Phi) is 4.10. The second kappa shape index (κ2) is 6.23. The molecule has 0 saturated heterocycles. The molecular formula is C17H16N4O4. The van der Waals surface area contributed by atoms with Crippen molar-refractivity contribution in [2.24, 2.45) is 0 Å². The van der Waals surface area contributed by atoms with E-state index in [1.807, 2.05) is 0 Å². The summed E-state index contributed by atoms with van der Waals surface area (Å²) in [5, 5.41) is 13.8. The van der Waals surface area contributed by atoms with E-state index in [2.05, 4.69) is 10.3 Å². The summed E-state index contributed by atoms with van der Waals surface area (Å²) in [6.07, 6.45) is 0. The summed E-state index contributed by atoms with van der Waals surface area (Å²) < 4.78 is 5.40. The summed E-state index contributed by atoms with van der Waals surface area (Å²) in [5.74, 6) is 0.0963. The van der Waals surface area contributed by atoms with Gasteiger partial charge in [-0.1, -0.05) is 0 Å². The van der Waals surface area contributed by atoms with Crippen molar-refractivity contribution in [3.05, 3.63) is 58.0 Å². The lowest BCUT2D eigenvalue weighted by Crippen LogP contribution is -2.18. The third kappa shape index (κ3) is 3.27. The van der Waals surface area contributed by atoms with Crippen LogP contribution in [0, 0.1) is 17.0 Å². The molecule has 25 heavy (non-hydrogen) atoms. The van der Waals surface area contributed by atoms with E-state index in [-0.39, 0.29) is 11.3 Å². The molecule has 8 nitrogen and oxygen atoms in total. The van der Waals surface area contributed by atoms with Gasteiger partial charge in [0.1, 0.15) is 5.52 Å². The van der Waals surface area contributed by atoms with Crippen LogP contribution < -0.4 is 10.2 Å². The Balaban J connectivity index is 1.95. The smallest absolute Gasteiger partial charge is 0.270 e. The molecule has 0 aliphatic heterocycles. The summed E-state index contributed by atoms with van der Waals surface area (Å²) in [7, 11) is 3.53. The van der Waals surface area contributed by atoms with E-state index in [0.717, 1.165) is 0 Å². The van der Waals surface area contributed by atoms with Gasteiger partial charge in [-0.25, -0.2) is 4.98 Å². The molecule has 2 aromatic carbocycles. The normalized spacial score (nSPS) is 10.7. The number of fused-ring (bicyclic) bond motifs is 1. The zero-order valence-corrected chi connectivity index (χ0v) is 13.9. The van der Waals surface area contributed by atoms with Gasteiger partial charge in [-0.15, -0.1) is 0 Å². The maximum absolute atomic E-state index is 12.7. The third-order valence-corrected chi connectivity index (χ3v) is 3.67. The van der Waals surface area contributed by atoms with Gasteiger partial charge >= 0.3 is 0 Å². The SMILES string of the molecule is Cc1nc2cc(NC(=O)c3cc([N+](=O)[O-])ccc3N(C)C)ccc2o1. The molecule has 8 heteroatoms. The number of nitrogens with one attached hydrogen (secondary N) is 1. The molecule has 1 aromatic heterocycles. The fourth-order valence-corrected chi connectivity index (χ4v) is 2.53. The number of aromatic nitrogens is 1. The number of anilines is 2. The van der Waals surface area contributed by atoms with Crippen LogP contribution in [-0.2, 0) is 0 Å². The molecule has 0 atom stereocenters. The lowest BCUT2D eigenvalue weighted by molar-refractivity contribution is -0.384. The lowest BCUT2D eigenvalue weighted by atomic mass is 10.1. The maximum Gasteiger partial charge on any atom is 0.270 e. The first kappa shape index (κ1) is 16.4. The van der Waals surface area contributed by atoms with Crippen LogP contribution in [0.2, 0.25) is 0 Å². The first-order valence-electron chi connectivity index (χ1n) is 7.49. The zero-order chi connectivity index (χ0) is 18.1. The average molecular weight is 340 g/mol. The molecule has 3 aromatic rings. The van der Waals surface area contributed by atoms with Crippen LogP contribution in [0.4, 0.5) is 17.1 Å². The number of carbonyl (C=O) groups excluding carboxylic acids is 1. The minimum atomic E-state index is -0.527. The standard InChI is InChI=1S/C17H16N4O4/c1-10-18-14-8-11(4-7-16(14)25-10)19-17(22)13-9-12(21(23)24)5-6-15(13)20(2)3/h4-9H,1-3H3,(H,19,22). The van der Waals surface area contributed by atoms with Crippen LogP contribution in [0.15, 0.2) is 40.8 Å². The minimum Gasteiger partial charge on any atom is -0.441 e. The summed E-state index contributed by atoms with van der Waals surface area (Å²) >= 11 is 0. The molecule has 128 valence electrons. The molecule has 0 fully saturated rings. The zero-order valence-electron chi connectivity index (χ0n) is 13.9. The fourth-order valence-electron chi connectivity index (χ4n) is 2.53. The molecule has 1 N–H and O–H groups in total. The van der Waals surface area contributed by atoms with Gasteiger partial charge in [0, 0.05) is 44.5 Å². The van der Waals surface area contributed by atoms with Gasteiger partial charge < -0.3 is 14.6 Å². The van der Waals surface area contributed by atoms with E-state index in [0.29, 0.717) is 28.4 Å². The van der Waals surface area contributed by atoms with Gasteiger partial charge in [0.2, 0.25) is 0 Å². The highest BCUT2D eigenvalue weighted by Crippen LogP contribution is 2.26. The van der Waals surface area contributed by atoms with E-state index < -0.39 is 10.8 Å². The summed E-state index contributed by atoms with van der Waals surface area (Å²) in [5.41, 5.74) is 2.44. The van der Waals surface area contributed by atoms with Crippen molar-refractivity contribution in [1.29, 1.82) is 0 Å². The highest BCUT2D eigenvalue weighted by atomic mass is 16.6. The Labute approximate surface area is 143 Å². The van der Waals surface area contributed by atoms with Crippen LogP contribution in [-0.4, -0.2) is 29.9 Å². The summed E-state index contributed by atoms with van der Waals surface area (Å²) in [4.78, 5) is 29.1. The topological polar surface area (TPSA) is 102 Å². The molecule has 1 heterocycles. The first-order chi connectivity index (χ1) is 11.8. The monoisotopic (exact) mass is 340 g/mol. The molecule has 0 unspecified atom stereocenters. The largest absolute Gasteiger partial charge is 0.441 e. The van der Waals surface area contributed by atoms with Gasteiger partial charge in [0.05, 0.1) is 10.5 Å². The number of amides is 1. The van der Waals surface area contributed by atoms with Gasteiger partial charge in [-0.3, -0.25) is 14.9 Å². The van der Waals surface area contributed by atoms with E-state index >= 15 is 0 Å². The number of aryl methyl sites for hydroxylation is 1. The van der Waals surface area contributed by atoms with Gasteiger partial charge in [0.25, 0.3) is 11.6 Å². The number of hydrogen-bond donors (Lipinski definition) is 1. The van der Waals surface area contributed by atoms with Crippen LogP contribution in [0.3, 0.4) is 0 Å². The second-order valence-corrected chi connectivity index (χ2v) is 5.72. The molecule has 0 saturated carbocycles. The van der Waals surface area contributed by atoms with Crippen LogP contribution in [0.25, 0.3) is 11.1 Å². The Morgan fingerprint density at radius 1 is 1.24 bits per heavy atom. The van der Waals surface area contributed by atoms with Crippen molar-refractivity contribution in [3.63, 3.8) is 0 Å². The average Bonchev–Trinajstić information content (AvgIpc) is 2.93. The van der Waals surface area contributed by atoms with Crippen molar-refractivity contribution in [2.75, 3.05) is 24.3 Å². The third-order valence-electron chi connectivity index (χ3n) is 3.67. The number of rotatable bonds is 4. The molecule has 1 amide bonds. The second-order valence-electron chi connectivity index (χ2n) is 5.72. The predicted octanol–water partition coefficient (Wildman–Crippen LogP) is 3.36. The minimum absolute atomic E-state index is 0.140. The number of hydrogen-bond acceptors (Lipinski definition) is 6. The number of oxazole rings is 1. The Hall–Kier alpha value is -3.42. The van der Waals surface area contributed by atoms with E-state index in [9.17, 15) is 14.9 Å². The number of nitro benzene ring substituents is 1. The summed E-state index contributed by atoms with van der Waals surface area (Å²) in [6, 6.07) is 9.29. The lowest BCUT2D eigenvalue weighted by Gasteiger charge is -2.17. The number of non-ortho nitro benzene ring substituents is 1. The van der Waals surface area contributed by atoms with Crippen LogP contribution in [0.5, 0.6) is 0 Å². The van der Waals surface area contributed by atoms with Crippen molar-refractivity contribution in [1.82, 2.24) is 4.98 Å².